The van der Waals surface area contributed by atoms with Crippen molar-refractivity contribution < 1.29 is 23.9 Å². The summed E-state index contributed by atoms with van der Waals surface area (Å²) in [5, 5.41) is 13.1. The average molecular weight is 562 g/mol. The van der Waals surface area contributed by atoms with Crippen molar-refractivity contribution in [1.82, 2.24) is 15.2 Å². The average Bonchev–Trinajstić information content (AvgIpc) is 3.31. The summed E-state index contributed by atoms with van der Waals surface area (Å²) < 4.78 is 5.60. The molecular formula is C26H25Cl2N3O5S. The zero-order valence-corrected chi connectivity index (χ0v) is 22.3. The zero-order valence-electron chi connectivity index (χ0n) is 19.9. The predicted molar refractivity (Wildman–Crippen MR) is 144 cm³/mol. The van der Waals surface area contributed by atoms with Gasteiger partial charge in [-0.05, 0) is 48.9 Å². The number of aromatic nitrogens is 1. The maximum absolute atomic E-state index is 12.8. The van der Waals surface area contributed by atoms with E-state index < -0.39 is 17.9 Å². The van der Waals surface area contributed by atoms with Crippen LogP contribution in [0.3, 0.4) is 0 Å². The molecule has 0 radical (unpaired) electrons. The van der Waals surface area contributed by atoms with Gasteiger partial charge in [-0.3, -0.25) is 9.59 Å². The molecule has 1 aliphatic heterocycles. The number of likely N-dealkylation sites (tertiary alicyclic amines) is 1. The van der Waals surface area contributed by atoms with Crippen LogP contribution in [0.25, 0.3) is 17.2 Å². The number of thioether (sulfide) groups is 1. The maximum Gasteiger partial charge on any atom is 0.326 e. The Hall–Kier alpha value is -3.01. The summed E-state index contributed by atoms with van der Waals surface area (Å²) in [7, 11) is 0. The molecule has 1 aliphatic rings. The monoisotopic (exact) mass is 561 g/mol. The first-order chi connectivity index (χ1) is 17.8. The lowest BCUT2D eigenvalue weighted by atomic mass is 9.95. The molecule has 11 heteroatoms. The van der Waals surface area contributed by atoms with Gasteiger partial charge in [0.25, 0.3) is 0 Å². The van der Waals surface area contributed by atoms with Crippen molar-refractivity contribution in [2.45, 2.75) is 30.2 Å². The number of hydrogen-bond acceptors (Lipinski definition) is 6. The second kappa shape index (κ2) is 12.0. The van der Waals surface area contributed by atoms with Crippen LogP contribution in [-0.2, 0) is 20.8 Å². The van der Waals surface area contributed by atoms with Crippen LogP contribution < -0.4 is 5.32 Å². The molecule has 0 bridgehead atoms. The van der Waals surface area contributed by atoms with Crippen LogP contribution in [0, 0.1) is 5.92 Å². The number of halogens is 2. The first-order valence-electron chi connectivity index (χ1n) is 11.6. The molecule has 8 nitrogen and oxygen atoms in total. The standard InChI is InChI=1S/C26H25Cl2N3O5S/c1-37-20-8-6-15(23(27)24(20)28)7-9-22(32)31-12-10-16(11-13-31)25(33)30-18(26(34)35)14-21-29-17-4-2-3-5-19(17)36-21/h2-9,16,18H,10-14H2,1H3,(H,30,33)(H,34,35). The lowest BCUT2D eigenvalue weighted by Crippen LogP contribution is -2.48. The molecule has 1 unspecified atom stereocenters. The quantitative estimate of drug-likeness (QED) is 0.296. The van der Waals surface area contributed by atoms with E-state index in [4.69, 9.17) is 27.6 Å². The molecule has 1 fully saturated rings. The molecule has 3 aromatic rings. The van der Waals surface area contributed by atoms with Crippen LogP contribution in [-0.4, -0.2) is 58.2 Å². The number of para-hydroxylation sites is 2. The van der Waals surface area contributed by atoms with Gasteiger partial charge in [-0.1, -0.05) is 41.4 Å². The SMILES string of the molecule is CSc1ccc(C=CC(=O)N2CCC(C(=O)NC(Cc3nc4ccccc4o3)C(=O)O)CC2)c(Cl)c1Cl. The smallest absolute Gasteiger partial charge is 0.326 e. The second-order valence-electron chi connectivity index (χ2n) is 8.60. The summed E-state index contributed by atoms with van der Waals surface area (Å²) in [5.41, 5.74) is 1.83. The van der Waals surface area contributed by atoms with Crippen LogP contribution in [0.2, 0.25) is 10.0 Å². The summed E-state index contributed by atoms with van der Waals surface area (Å²) in [5.74, 6) is -1.88. The first kappa shape index (κ1) is 27.0. The molecule has 1 atom stereocenters. The maximum atomic E-state index is 12.8. The van der Waals surface area contributed by atoms with E-state index in [-0.39, 0.29) is 24.1 Å². The van der Waals surface area contributed by atoms with Crippen molar-refractivity contribution in [3.8, 4) is 0 Å². The second-order valence-corrected chi connectivity index (χ2v) is 10.2. The number of hydrogen-bond donors (Lipinski definition) is 2. The number of fused-ring (bicyclic) bond motifs is 1. The van der Waals surface area contributed by atoms with Crippen molar-refractivity contribution in [2.24, 2.45) is 5.92 Å². The van der Waals surface area contributed by atoms with E-state index in [2.05, 4.69) is 10.3 Å². The van der Waals surface area contributed by atoms with Crippen molar-refractivity contribution in [2.75, 3.05) is 19.3 Å². The lowest BCUT2D eigenvalue weighted by Gasteiger charge is -2.31. The molecular weight excluding hydrogens is 537 g/mol. The van der Waals surface area contributed by atoms with Crippen LogP contribution in [0.4, 0.5) is 0 Å². The minimum absolute atomic E-state index is 0.0671. The molecule has 4 rings (SSSR count). The molecule has 1 saturated heterocycles. The molecule has 2 heterocycles. The molecule has 194 valence electrons. The number of nitrogens with one attached hydrogen (secondary N) is 1. The largest absolute Gasteiger partial charge is 0.480 e. The number of aliphatic carboxylic acids is 1. The highest BCUT2D eigenvalue weighted by molar-refractivity contribution is 7.98. The van der Waals surface area contributed by atoms with Crippen molar-refractivity contribution in [3.05, 3.63) is 64.0 Å². The van der Waals surface area contributed by atoms with Gasteiger partial charge >= 0.3 is 5.97 Å². The first-order valence-corrected chi connectivity index (χ1v) is 13.6. The van der Waals surface area contributed by atoms with Gasteiger partial charge in [-0.25, -0.2) is 9.78 Å². The summed E-state index contributed by atoms with van der Waals surface area (Å²) in [6.07, 6.45) is 5.76. The topological polar surface area (TPSA) is 113 Å². The number of carbonyl (C=O) groups excluding carboxylic acids is 2. The number of oxazole rings is 1. The number of piperidine rings is 1. The highest BCUT2D eigenvalue weighted by Gasteiger charge is 2.30. The van der Waals surface area contributed by atoms with Crippen molar-refractivity contribution in [1.29, 1.82) is 0 Å². The number of amides is 2. The van der Waals surface area contributed by atoms with Crippen LogP contribution in [0.15, 0.2) is 51.8 Å². The molecule has 0 saturated carbocycles. The Labute approximate surface area is 228 Å². The van der Waals surface area contributed by atoms with Gasteiger partial charge in [0.05, 0.1) is 16.5 Å². The summed E-state index contributed by atoms with van der Waals surface area (Å²) in [6, 6.07) is 9.61. The Morgan fingerprint density at radius 1 is 1.19 bits per heavy atom. The summed E-state index contributed by atoms with van der Waals surface area (Å²) >= 11 is 14.1. The van der Waals surface area contributed by atoms with Crippen LogP contribution in [0.1, 0.15) is 24.3 Å². The van der Waals surface area contributed by atoms with Gasteiger partial charge in [0.1, 0.15) is 11.6 Å². The molecule has 2 amide bonds. The van der Waals surface area contributed by atoms with Crippen molar-refractivity contribution >= 4 is 69.9 Å². The minimum Gasteiger partial charge on any atom is -0.480 e. The van der Waals surface area contributed by atoms with E-state index in [1.165, 1.54) is 17.8 Å². The van der Waals surface area contributed by atoms with Gasteiger partial charge in [-0.2, -0.15) is 0 Å². The highest BCUT2D eigenvalue weighted by Crippen LogP contribution is 2.35. The lowest BCUT2D eigenvalue weighted by molar-refractivity contribution is -0.143. The molecule has 37 heavy (non-hydrogen) atoms. The normalized spacial score (nSPS) is 15.3. The van der Waals surface area contributed by atoms with Gasteiger partial charge in [-0.15, -0.1) is 11.8 Å². The molecule has 1 aromatic heterocycles. The van der Waals surface area contributed by atoms with E-state index in [1.54, 1.807) is 35.2 Å². The Morgan fingerprint density at radius 2 is 1.92 bits per heavy atom. The third kappa shape index (κ3) is 6.47. The van der Waals surface area contributed by atoms with Gasteiger partial charge < -0.3 is 19.7 Å². The number of rotatable bonds is 8. The highest BCUT2D eigenvalue weighted by atomic mass is 35.5. The van der Waals surface area contributed by atoms with E-state index in [9.17, 15) is 19.5 Å². The predicted octanol–water partition coefficient (Wildman–Crippen LogP) is 4.92. The van der Waals surface area contributed by atoms with Gasteiger partial charge in [0.15, 0.2) is 11.5 Å². The number of benzene rings is 2. The molecule has 0 spiro atoms. The molecule has 2 aromatic carbocycles. The van der Waals surface area contributed by atoms with E-state index in [0.29, 0.717) is 52.6 Å². The summed E-state index contributed by atoms with van der Waals surface area (Å²) in [6.45, 7) is 0.758. The van der Waals surface area contributed by atoms with Crippen LogP contribution >= 0.6 is 35.0 Å². The Morgan fingerprint density at radius 3 is 2.59 bits per heavy atom. The molecule has 0 aliphatic carbocycles. The Bertz CT molecular complexity index is 1320. The molecule has 2 N–H and O–H groups in total. The zero-order chi connectivity index (χ0) is 26.5. The fourth-order valence-electron chi connectivity index (χ4n) is 4.13. The third-order valence-corrected chi connectivity index (χ3v) is 8.00. The number of carbonyl (C=O) groups is 3. The number of carboxylic acid groups (broad SMARTS) is 1. The van der Waals surface area contributed by atoms with Crippen LogP contribution in [0.5, 0.6) is 0 Å². The number of carboxylic acids is 1. The fourth-order valence-corrected chi connectivity index (χ4v) is 5.31. The minimum atomic E-state index is -1.17. The van der Waals surface area contributed by atoms with E-state index in [1.807, 2.05) is 18.4 Å². The summed E-state index contributed by atoms with van der Waals surface area (Å²) in [4.78, 5) is 44.1. The fraction of sp³-hybridized carbons (Fsp3) is 0.308. The van der Waals surface area contributed by atoms with Gasteiger partial charge in [0, 0.05) is 30.0 Å². The number of nitrogens with zero attached hydrogens (tertiary/aromatic N) is 2. The van der Waals surface area contributed by atoms with Gasteiger partial charge in [0.2, 0.25) is 11.8 Å². The van der Waals surface area contributed by atoms with Crippen molar-refractivity contribution in [3.63, 3.8) is 0 Å². The van der Waals surface area contributed by atoms with E-state index in [0.717, 1.165) is 4.90 Å². The Balaban J connectivity index is 1.31. The Kier molecular flexibility index (Phi) is 8.79. The third-order valence-electron chi connectivity index (χ3n) is 6.21. The van der Waals surface area contributed by atoms with E-state index >= 15 is 0 Å².